The third-order valence-electron chi connectivity index (χ3n) is 1.94. The van der Waals surface area contributed by atoms with Gasteiger partial charge in [0, 0.05) is 0 Å². The molecule has 8 nitrogen and oxygen atoms in total. The van der Waals surface area contributed by atoms with Gasteiger partial charge in [-0.15, -0.1) is 0 Å². The van der Waals surface area contributed by atoms with Crippen LogP contribution in [0.2, 0.25) is 0 Å². The van der Waals surface area contributed by atoms with E-state index in [-0.39, 0.29) is 0 Å². The molecule has 0 unspecified atom stereocenters. The van der Waals surface area contributed by atoms with Gasteiger partial charge < -0.3 is 35.4 Å². The van der Waals surface area contributed by atoms with E-state index in [0.29, 0.717) is 0 Å². The van der Waals surface area contributed by atoms with Crippen molar-refractivity contribution in [1.29, 1.82) is 0 Å². The summed E-state index contributed by atoms with van der Waals surface area (Å²) in [6.45, 7) is 0. The number of carbonyl (C=O) groups is 1. The first-order chi connectivity index (χ1) is 6.28. The number of ether oxygens (including phenoxy) is 1. The van der Waals surface area contributed by atoms with Crippen LogP contribution in [0.25, 0.3) is 0 Å². The van der Waals surface area contributed by atoms with Crippen molar-refractivity contribution in [3.63, 3.8) is 0 Å². The number of carboxylic acid groups (broad SMARTS) is 1. The van der Waals surface area contributed by atoms with Crippen molar-refractivity contribution >= 4 is 5.97 Å². The Bertz CT molecular complexity index is 238. The second-order valence-electron chi connectivity index (χ2n) is 2.96. The summed E-state index contributed by atoms with van der Waals surface area (Å²) in [4.78, 5) is 10.4. The molecule has 0 saturated carbocycles. The molecule has 0 amide bonds. The maximum atomic E-state index is 10.4. The smallest absolute Gasteiger partial charge is 0.338 e. The van der Waals surface area contributed by atoms with Crippen LogP contribution < -0.4 is 0 Å². The average Bonchev–Trinajstić information content (AvgIpc) is 2.08. The Morgan fingerprint density at radius 1 is 1.21 bits per heavy atom. The number of aliphatic hydroxyl groups is 5. The normalized spacial score (nSPS) is 42.1. The molecule has 1 fully saturated rings. The average molecular weight is 210 g/mol. The first-order valence-electron chi connectivity index (χ1n) is 3.65. The minimum Gasteiger partial charge on any atom is -0.479 e. The number of hydrogen-bond acceptors (Lipinski definition) is 7. The van der Waals surface area contributed by atoms with E-state index in [9.17, 15) is 4.79 Å². The highest BCUT2D eigenvalue weighted by Gasteiger charge is 2.56. The third kappa shape index (κ3) is 1.59. The Kier molecular flexibility index (Phi) is 2.76. The molecule has 1 heterocycles. The number of carboxylic acids is 1. The molecule has 0 aromatic carbocycles. The zero-order valence-corrected chi connectivity index (χ0v) is 6.81. The van der Waals surface area contributed by atoms with E-state index in [4.69, 9.17) is 30.6 Å². The van der Waals surface area contributed by atoms with Crippen molar-refractivity contribution in [2.75, 3.05) is 0 Å². The molecule has 1 aliphatic rings. The van der Waals surface area contributed by atoms with Crippen LogP contribution in [-0.2, 0) is 9.53 Å². The second-order valence-corrected chi connectivity index (χ2v) is 2.96. The molecule has 1 saturated heterocycles. The zero-order chi connectivity index (χ0) is 11.1. The fourth-order valence-electron chi connectivity index (χ4n) is 1.12. The van der Waals surface area contributed by atoms with Crippen molar-refractivity contribution in [2.45, 2.75) is 30.4 Å². The molecule has 0 spiro atoms. The Balaban J connectivity index is 2.95. The van der Waals surface area contributed by atoms with E-state index in [2.05, 4.69) is 4.74 Å². The molecule has 1 rings (SSSR count). The Morgan fingerprint density at radius 2 is 1.71 bits per heavy atom. The van der Waals surface area contributed by atoms with Crippen LogP contribution in [0.3, 0.4) is 0 Å². The number of aliphatic carboxylic acids is 1. The standard InChI is InChI=1S/C6H10O8/c7-1-2(8)6(12,13)3(4(9)10)14-5(1)11/h1-3,5,7-8,11-13H,(H,9,10)/t1-,2-,3-,5-/m1/s1. The van der Waals surface area contributed by atoms with Gasteiger partial charge in [0.25, 0.3) is 0 Å². The molecule has 0 bridgehead atoms. The van der Waals surface area contributed by atoms with Crippen molar-refractivity contribution in [3.05, 3.63) is 0 Å². The molecule has 14 heavy (non-hydrogen) atoms. The topological polar surface area (TPSA) is 148 Å². The summed E-state index contributed by atoms with van der Waals surface area (Å²) in [5.41, 5.74) is 0. The number of rotatable bonds is 1. The van der Waals surface area contributed by atoms with Gasteiger partial charge >= 0.3 is 5.97 Å². The van der Waals surface area contributed by atoms with Gasteiger partial charge in [0.15, 0.2) is 6.29 Å². The Morgan fingerprint density at radius 3 is 2.14 bits per heavy atom. The zero-order valence-electron chi connectivity index (χ0n) is 6.81. The monoisotopic (exact) mass is 210 g/mol. The third-order valence-corrected chi connectivity index (χ3v) is 1.94. The quantitative estimate of drug-likeness (QED) is 0.241. The van der Waals surface area contributed by atoms with Crippen LogP contribution in [0, 0.1) is 0 Å². The van der Waals surface area contributed by atoms with Crippen LogP contribution in [0.4, 0.5) is 0 Å². The van der Waals surface area contributed by atoms with Gasteiger partial charge in [-0.05, 0) is 0 Å². The molecule has 0 radical (unpaired) electrons. The predicted molar refractivity (Wildman–Crippen MR) is 37.7 cm³/mol. The predicted octanol–water partition coefficient (Wildman–Crippen LogP) is -3.81. The van der Waals surface area contributed by atoms with Gasteiger partial charge in [-0.25, -0.2) is 4.79 Å². The summed E-state index contributed by atoms with van der Waals surface area (Å²) in [7, 11) is 0. The van der Waals surface area contributed by atoms with Crippen molar-refractivity contribution < 1.29 is 40.2 Å². The lowest BCUT2D eigenvalue weighted by atomic mass is 9.95. The fourth-order valence-corrected chi connectivity index (χ4v) is 1.12. The maximum absolute atomic E-state index is 10.4. The summed E-state index contributed by atoms with van der Waals surface area (Å²) < 4.78 is 4.19. The summed E-state index contributed by atoms with van der Waals surface area (Å²) in [6.07, 6.45) is -8.43. The molecular formula is C6H10O8. The summed E-state index contributed by atoms with van der Waals surface area (Å²) in [5, 5.41) is 53.5. The Hall–Kier alpha value is -0.770. The minimum atomic E-state index is -3.15. The van der Waals surface area contributed by atoms with Crippen LogP contribution >= 0.6 is 0 Å². The van der Waals surface area contributed by atoms with Crippen LogP contribution in [0.1, 0.15) is 0 Å². The molecule has 0 aromatic rings. The lowest BCUT2D eigenvalue weighted by Gasteiger charge is -2.41. The van der Waals surface area contributed by atoms with Gasteiger partial charge in [0.05, 0.1) is 0 Å². The first kappa shape index (κ1) is 11.3. The van der Waals surface area contributed by atoms with E-state index >= 15 is 0 Å². The van der Waals surface area contributed by atoms with E-state index in [1.807, 2.05) is 0 Å². The number of aliphatic hydroxyl groups excluding tert-OH is 3. The van der Waals surface area contributed by atoms with Gasteiger partial charge in [0.1, 0.15) is 12.2 Å². The molecule has 8 heteroatoms. The molecular weight excluding hydrogens is 200 g/mol. The largest absolute Gasteiger partial charge is 0.479 e. The fraction of sp³-hybridized carbons (Fsp3) is 0.833. The molecule has 6 N–H and O–H groups in total. The van der Waals surface area contributed by atoms with Crippen LogP contribution in [-0.4, -0.2) is 67.0 Å². The summed E-state index contributed by atoms with van der Waals surface area (Å²) in [6, 6.07) is 0. The van der Waals surface area contributed by atoms with Gasteiger partial charge in [-0.1, -0.05) is 0 Å². The minimum absolute atomic E-state index is 1.78. The van der Waals surface area contributed by atoms with Crippen LogP contribution in [0.15, 0.2) is 0 Å². The first-order valence-corrected chi connectivity index (χ1v) is 3.65. The van der Waals surface area contributed by atoms with Crippen molar-refractivity contribution in [3.8, 4) is 0 Å². The van der Waals surface area contributed by atoms with E-state index in [0.717, 1.165) is 0 Å². The SMILES string of the molecule is O=C(O)[C@H]1O[C@@H](O)[C@H](O)[C@@H](O)C1(O)O. The highest BCUT2D eigenvalue weighted by atomic mass is 16.7. The van der Waals surface area contributed by atoms with Crippen LogP contribution in [0.5, 0.6) is 0 Å². The van der Waals surface area contributed by atoms with Crippen molar-refractivity contribution in [1.82, 2.24) is 0 Å². The molecule has 1 aliphatic heterocycles. The summed E-state index contributed by atoms with van der Waals surface area (Å²) in [5.74, 6) is -4.93. The van der Waals surface area contributed by atoms with E-state index < -0.39 is 36.4 Å². The number of hydrogen-bond donors (Lipinski definition) is 6. The maximum Gasteiger partial charge on any atom is 0.338 e. The highest BCUT2D eigenvalue weighted by molar-refractivity contribution is 5.74. The molecule has 0 aromatic heterocycles. The second kappa shape index (κ2) is 3.42. The Labute approximate surface area is 77.6 Å². The highest BCUT2D eigenvalue weighted by Crippen LogP contribution is 2.27. The van der Waals surface area contributed by atoms with E-state index in [1.54, 1.807) is 0 Å². The summed E-state index contributed by atoms with van der Waals surface area (Å²) >= 11 is 0. The van der Waals surface area contributed by atoms with Gasteiger partial charge in [0.2, 0.25) is 11.9 Å². The molecule has 0 aliphatic carbocycles. The molecule has 82 valence electrons. The van der Waals surface area contributed by atoms with Crippen molar-refractivity contribution in [2.24, 2.45) is 0 Å². The lowest BCUT2D eigenvalue weighted by Crippen LogP contribution is -2.67. The van der Waals surface area contributed by atoms with Gasteiger partial charge in [-0.3, -0.25) is 0 Å². The van der Waals surface area contributed by atoms with E-state index in [1.165, 1.54) is 0 Å². The molecule has 4 atom stereocenters. The lowest BCUT2D eigenvalue weighted by molar-refractivity contribution is -0.369. The van der Waals surface area contributed by atoms with Gasteiger partial charge in [-0.2, -0.15) is 0 Å².